The Balaban J connectivity index is 1.71. The molecule has 3 rings (SSSR count). The number of aliphatic hydroxyl groups is 1. The molecule has 0 amide bonds. The zero-order chi connectivity index (χ0) is 16.4. The summed E-state index contributed by atoms with van der Waals surface area (Å²) in [4.78, 5) is 0. The van der Waals surface area contributed by atoms with Gasteiger partial charge < -0.3 is 10.4 Å². The lowest BCUT2D eigenvalue weighted by Gasteiger charge is -2.34. The minimum Gasteiger partial charge on any atom is -0.384 e. The molecule has 1 aromatic carbocycles. The van der Waals surface area contributed by atoms with Crippen molar-refractivity contribution in [2.45, 2.75) is 58.7 Å². The predicted molar refractivity (Wildman–Crippen MR) is 92.4 cm³/mol. The van der Waals surface area contributed by atoms with Crippen LogP contribution < -0.4 is 5.32 Å². The quantitative estimate of drug-likeness (QED) is 0.892. The lowest BCUT2D eigenvalue weighted by atomic mass is 9.79. The highest BCUT2D eigenvalue weighted by Gasteiger charge is 2.33. The molecule has 0 radical (unpaired) electrons. The average Bonchev–Trinajstić information content (AvgIpc) is 2.83. The van der Waals surface area contributed by atoms with Crippen LogP contribution in [0.3, 0.4) is 0 Å². The first-order valence-corrected chi connectivity index (χ1v) is 8.59. The van der Waals surface area contributed by atoms with Crippen molar-refractivity contribution in [3.8, 4) is 0 Å². The molecule has 0 spiro atoms. The molecule has 0 saturated carbocycles. The summed E-state index contributed by atoms with van der Waals surface area (Å²) in [5.74, 6) is 0. The van der Waals surface area contributed by atoms with E-state index in [1.807, 2.05) is 10.7 Å². The number of hydrogen-bond acceptors (Lipinski definition) is 3. The third-order valence-corrected chi connectivity index (χ3v) is 5.11. The van der Waals surface area contributed by atoms with Crippen LogP contribution in [0.4, 0.5) is 0 Å². The van der Waals surface area contributed by atoms with Crippen LogP contribution >= 0.6 is 0 Å². The topological polar surface area (TPSA) is 50.1 Å². The molecule has 1 atom stereocenters. The van der Waals surface area contributed by atoms with Crippen molar-refractivity contribution in [1.29, 1.82) is 0 Å². The van der Waals surface area contributed by atoms with E-state index in [0.717, 1.165) is 43.6 Å². The van der Waals surface area contributed by atoms with Crippen molar-refractivity contribution in [2.75, 3.05) is 6.54 Å². The molecule has 2 aromatic rings. The zero-order valence-corrected chi connectivity index (χ0v) is 14.4. The minimum absolute atomic E-state index is 0.584. The van der Waals surface area contributed by atoms with Gasteiger partial charge in [-0.1, -0.05) is 24.3 Å². The van der Waals surface area contributed by atoms with Crippen molar-refractivity contribution in [3.63, 3.8) is 0 Å². The van der Waals surface area contributed by atoms with Gasteiger partial charge in [0.05, 0.1) is 5.69 Å². The first kappa shape index (κ1) is 16.2. The number of hydrogen-bond donors (Lipinski definition) is 2. The van der Waals surface area contributed by atoms with Gasteiger partial charge in [-0.3, -0.25) is 4.68 Å². The average molecular weight is 313 g/mol. The number of rotatable bonds is 5. The van der Waals surface area contributed by atoms with Crippen LogP contribution in [0.5, 0.6) is 0 Å². The van der Waals surface area contributed by atoms with E-state index in [1.54, 1.807) is 0 Å². The summed E-state index contributed by atoms with van der Waals surface area (Å²) in [6.45, 7) is 8.51. The Morgan fingerprint density at radius 3 is 2.83 bits per heavy atom. The fourth-order valence-corrected chi connectivity index (χ4v) is 3.77. The van der Waals surface area contributed by atoms with E-state index in [4.69, 9.17) is 0 Å². The van der Waals surface area contributed by atoms with Gasteiger partial charge in [-0.15, -0.1) is 0 Å². The Morgan fingerprint density at radius 2 is 2.09 bits per heavy atom. The van der Waals surface area contributed by atoms with Crippen molar-refractivity contribution in [3.05, 3.63) is 52.3 Å². The van der Waals surface area contributed by atoms with Gasteiger partial charge in [0.25, 0.3) is 0 Å². The molecule has 124 valence electrons. The number of nitrogens with one attached hydrogen (secondary N) is 1. The lowest BCUT2D eigenvalue weighted by Crippen LogP contribution is -2.40. The molecule has 0 fully saturated rings. The van der Waals surface area contributed by atoms with Gasteiger partial charge in [0.2, 0.25) is 0 Å². The smallest absolute Gasteiger partial charge is 0.102 e. The van der Waals surface area contributed by atoms with Crippen LogP contribution in [0.2, 0.25) is 0 Å². The second kappa shape index (κ2) is 6.46. The monoisotopic (exact) mass is 313 g/mol. The van der Waals surface area contributed by atoms with Crippen LogP contribution in [0, 0.1) is 13.8 Å². The van der Waals surface area contributed by atoms with Crippen LogP contribution in [-0.2, 0) is 25.1 Å². The Hall–Kier alpha value is -1.65. The largest absolute Gasteiger partial charge is 0.384 e. The highest BCUT2D eigenvalue weighted by molar-refractivity contribution is 5.35. The zero-order valence-electron chi connectivity index (χ0n) is 14.4. The van der Waals surface area contributed by atoms with Crippen molar-refractivity contribution in [2.24, 2.45) is 0 Å². The van der Waals surface area contributed by atoms with Gasteiger partial charge in [0.15, 0.2) is 0 Å². The summed E-state index contributed by atoms with van der Waals surface area (Å²) in [6, 6.07) is 8.29. The molecular weight excluding hydrogens is 286 g/mol. The second-order valence-electron chi connectivity index (χ2n) is 6.61. The van der Waals surface area contributed by atoms with E-state index < -0.39 is 5.60 Å². The number of aryl methyl sites for hydroxylation is 3. The summed E-state index contributed by atoms with van der Waals surface area (Å²) >= 11 is 0. The van der Waals surface area contributed by atoms with E-state index in [-0.39, 0.29) is 0 Å². The highest BCUT2D eigenvalue weighted by Crippen LogP contribution is 2.34. The maximum Gasteiger partial charge on any atom is 0.102 e. The third-order valence-electron chi connectivity index (χ3n) is 5.11. The van der Waals surface area contributed by atoms with Gasteiger partial charge in [0.1, 0.15) is 5.60 Å². The fourth-order valence-electron chi connectivity index (χ4n) is 3.77. The van der Waals surface area contributed by atoms with Gasteiger partial charge in [-0.05, 0) is 51.2 Å². The van der Waals surface area contributed by atoms with Gasteiger partial charge in [0, 0.05) is 30.9 Å². The Morgan fingerprint density at radius 1 is 1.30 bits per heavy atom. The molecular formula is C19H27N3O. The maximum absolute atomic E-state index is 11.1. The number of fused-ring (bicyclic) bond motifs is 1. The SMILES string of the molecule is CCn1nc(C)c(CNCC2(O)CCCc3ccccc32)c1C. The van der Waals surface area contributed by atoms with E-state index in [9.17, 15) is 5.11 Å². The molecule has 23 heavy (non-hydrogen) atoms. The molecule has 4 heteroatoms. The summed E-state index contributed by atoms with van der Waals surface area (Å²) in [6.07, 6.45) is 2.93. The summed E-state index contributed by atoms with van der Waals surface area (Å²) in [5.41, 5.74) is 5.17. The Kier molecular flexibility index (Phi) is 4.55. The second-order valence-corrected chi connectivity index (χ2v) is 6.61. The molecule has 1 unspecified atom stereocenters. The van der Waals surface area contributed by atoms with E-state index >= 15 is 0 Å². The first-order valence-electron chi connectivity index (χ1n) is 8.59. The maximum atomic E-state index is 11.1. The van der Waals surface area contributed by atoms with Gasteiger partial charge >= 0.3 is 0 Å². The Labute approximate surface area is 138 Å². The van der Waals surface area contributed by atoms with E-state index in [1.165, 1.54) is 16.8 Å². The summed E-state index contributed by atoms with van der Waals surface area (Å²) < 4.78 is 2.04. The van der Waals surface area contributed by atoms with Gasteiger partial charge in [-0.25, -0.2) is 0 Å². The van der Waals surface area contributed by atoms with Crippen LogP contribution in [0.1, 0.15) is 47.8 Å². The van der Waals surface area contributed by atoms with Crippen LogP contribution in [0.15, 0.2) is 24.3 Å². The molecule has 4 nitrogen and oxygen atoms in total. The molecule has 0 saturated heterocycles. The van der Waals surface area contributed by atoms with Crippen LogP contribution in [-0.4, -0.2) is 21.4 Å². The number of nitrogens with zero attached hydrogens (tertiary/aromatic N) is 2. The number of aromatic nitrogens is 2. The first-order chi connectivity index (χ1) is 11.0. The molecule has 1 aliphatic rings. The molecule has 0 bridgehead atoms. The number of benzene rings is 1. The predicted octanol–water partition coefficient (Wildman–Crippen LogP) is 2.83. The van der Waals surface area contributed by atoms with Gasteiger partial charge in [-0.2, -0.15) is 5.10 Å². The van der Waals surface area contributed by atoms with Crippen molar-refractivity contribution < 1.29 is 5.11 Å². The summed E-state index contributed by atoms with van der Waals surface area (Å²) in [7, 11) is 0. The lowest BCUT2D eigenvalue weighted by molar-refractivity contribution is 0.0189. The molecule has 1 heterocycles. The van der Waals surface area contributed by atoms with E-state index in [2.05, 4.69) is 49.4 Å². The highest BCUT2D eigenvalue weighted by atomic mass is 16.3. The fraction of sp³-hybridized carbons (Fsp3) is 0.526. The molecule has 1 aromatic heterocycles. The standard InChI is InChI=1S/C19H27N3O/c1-4-22-15(3)17(14(2)21-22)12-20-13-19(23)11-7-9-16-8-5-6-10-18(16)19/h5-6,8,10,20,23H,4,7,9,11-13H2,1-3H3. The van der Waals surface area contributed by atoms with Crippen molar-refractivity contribution >= 4 is 0 Å². The normalized spacial score (nSPS) is 20.5. The van der Waals surface area contributed by atoms with Crippen LogP contribution in [0.25, 0.3) is 0 Å². The molecule has 2 N–H and O–H groups in total. The molecule has 0 aliphatic heterocycles. The van der Waals surface area contributed by atoms with E-state index in [0.29, 0.717) is 6.54 Å². The summed E-state index contributed by atoms with van der Waals surface area (Å²) in [5, 5.41) is 19.1. The third kappa shape index (κ3) is 3.06. The Bertz CT molecular complexity index is 692. The molecule has 1 aliphatic carbocycles. The van der Waals surface area contributed by atoms with Crippen molar-refractivity contribution in [1.82, 2.24) is 15.1 Å². The minimum atomic E-state index is -0.753.